The fourth-order valence-corrected chi connectivity index (χ4v) is 2.43. The number of hydrogen-bond donors (Lipinski definition) is 2. The van der Waals surface area contributed by atoms with Crippen LogP contribution in [0, 0.1) is 0 Å². The van der Waals surface area contributed by atoms with Crippen molar-refractivity contribution in [2.24, 2.45) is 5.73 Å². The van der Waals surface area contributed by atoms with Crippen molar-refractivity contribution < 1.29 is 9.53 Å². The van der Waals surface area contributed by atoms with Gasteiger partial charge in [-0.1, -0.05) is 0 Å². The summed E-state index contributed by atoms with van der Waals surface area (Å²) in [5.41, 5.74) is 7.08. The standard InChI is InChI=1S/C13H22N4O2/c1-19-12-9-17(6-5-11(12)14)13(18)4-2-3-10-7-15-16-8-10/h7-8,11-12H,2-6,9,14H2,1H3,(H,15,16)/t11-,12+/m0/s1. The molecule has 0 aliphatic carbocycles. The van der Waals surface area contributed by atoms with E-state index in [-0.39, 0.29) is 18.1 Å². The molecule has 1 amide bonds. The molecule has 0 bridgehead atoms. The molecule has 1 aliphatic heterocycles. The first-order valence-electron chi connectivity index (χ1n) is 6.74. The summed E-state index contributed by atoms with van der Waals surface area (Å²) in [6.45, 7) is 1.35. The molecule has 1 aromatic heterocycles. The molecule has 19 heavy (non-hydrogen) atoms. The van der Waals surface area contributed by atoms with Crippen molar-refractivity contribution in [3.05, 3.63) is 18.0 Å². The maximum atomic E-state index is 12.1. The van der Waals surface area contributed by atoms with Gasteiger partial charge in [-0.2, -0.15) is 5.10 Å². The highest BCUT2D eigenvalue weighted by Crippen LogP contribution is 2.14. The maximum Gasteiger partial charge on any atom is 0.222 e. The summed E-state index contributed by atoms with van der Waals surface area (Å²) in [5, 5.41) is 6.66. The van der Waals surface area contributed by atoms with Gasteiger partial charge in [0.15, 0.2) is 0 Å². The molecule has 106 valence electrons. The van der Waals surface area contributed by atoms with E-state index in [4.69, 9.17) is 10.5 Å². The summed E-state index contributed by atoms with van der Waals surface area (Å²) in [6, 6.07) is 0.0416. The number of carbonyl (C=O) groups is 1. The second-order valence-electron chi connectivity index (χ2n) is 5.03. The van der Waals surface area contributed by atoms with E-state index in [0.29, 0.717) is 13.0 Å². The van der Waals surface area contributed by atoms with E-state index < -0.39 is 0 Å². The fraction of sp³-hybridized carbons (Fsp3) is 0.692. The van der Waals surface area contributed by atoms with Crippen molar-refractivity contribution in [3.8, 4) is 0 Å². The number of aromatic amines is 1. The Hall–Kier alpha value is -1.40. The van der Waals surface area contributed by atoms with Gasteiger partial charge in [-0.25, -0.2) is 0 Å². The Kier molecular flexibility index (Phi) is 4.93. The predicted octanol–water partition coefficient (Wildman–Crippen LogP) is 0.307. The van der Waals surface area contributed by atoms with Crippen LogP contribution in [0.4, 0.5) is 0 Å². The minimum Gasteiger partial charge on any atom is -0.378 e. The van der Waals surface area contributed by atoms with E-state index in [2.05, 4.69) is 10.2 Å². The quantitative estimate of drug-likeness (QED) is 0.803. The molecule has 0 unspecified atom stereocenters. The summed E-state index contributed by atoms with van der Waals surface area (Å²) in [7, 11) is 1.65. The van der Waals surface area contributed by atoms with Gasteiger partial charge in [0.05, 0.1) is 12.3 Å². The van der Waals surface area contributed by atoms with Crippen LogP contribution in [0.2, 0.25) is 0 Å². The second kappa shape index (κ2) is 6.68. The van der Waals surface area contributed by atoms with E-state index in [9.17, 15) is 4.79 Å². The number of H-pyrrole nitrogens is 1. The van der Waals surface area contributed by atoms with Crippen molar-refractivity contribution in [1.29, 1.82) is 0 Å². The van der Waals surface area contributed by atoms with Gasteiger partial charge >= 0.3 is 0 Å². The number of nitrogens with one attached hydrogen (secondary N) is 1. The summed E-state index contributed by atoms with van der Waals surface area (Å²) < 4.78 is 5.32. The lowest BCUT2D eigenvalue weighted by molar-refractivity contribution is -0.135. The first kappa shape index (κ1) is 14.0. The van der Waals surface area contributed by atoms with Gasteiger partial charge < -0.3 is 15.4 Å². The normalized spacial score (nSPS) is 23.6. The molecular weight excluding hydrogens is 244 g/mol. The molecule has 1 saturated heterocycles. The van der Waals surface area contributed by atoms with Crippen LogP contribution in [0.5, 0.6) is 0 Å². The number of hydrogen-bond acceptors (Lipinski definition) is 4. The van der Waals surface area contributed by atoms with Crippen LogP contribution in [0.3, 0.4) is 0 Å². The molecule has 6 heteroatoms. The molecule has 0 saturated carbocycles. The average molecular weight is 266 g/mol. The first-order chi connectivity index (χ1) is 9.20. The summed E-state index contributed by atoms with van der Waals surface area (Å²) >= 11 is 0. The van der Waals surface area contributed by atoms with Crippen LogP contribution >= 0.6 is 0 Å². The topological polar surface area (TPSA) is 84.2 Å². The van der Waals surface area contributed by atoms with Crippen LogP contribution in [0.25, 0.3) is 0 Å². The molecule has 1 aromatic rings. The van der Waals surface area contributed by atoms with Crippen molar-refractivity contribution >= 4 is 5.91 Å². The zero-order valence-corrected chi connectivity index (χ0v) is 11.3. The molecule has 2 rings (SSSR count). The number of aromatic nitrogens is 2. The lowest BCUT2D eigenvalue weighted by Crippen LogP contribution is -2.53. The number of piperidine rings is 1. The first-order valence-corrected chi connectivity index (χ1v) is 6.74. The number of carbonyl (C=O) groups excluding carboxylic acids is 1. The largest absolute Gasteiger partial charge is 0.378 e. The Morgan fingerprint density at radius 1 is 1.68 bits per heavy atom. The van der Waals surface area contributed by atoms with Crippen molar-refractivity contribution in [2.75, 3.05) is 20.2 Å². The predicted molar refractivity (Wildman–Crippen MR) is 71.5 cm³/mol. The zero-order chi connectivity index (χ0) is 13.7. The monoisotopic (exact) mass is 266 g/mol. The van der Waals surface area contributed by atoms with Crippen molar-refractivity contribution in [1.82, 2.24) is 15.1 Å². The number of aryl methyl sites for hydroxylation is 1. The van der Waals surface area contributed by atoms with Gasteiger partial charge in [-0.15, -0.1) is 0 Å². The van der Waals surface area contributed by atoms with Crippen molar-refractivity contribution in [2.45, 2.75) is 37.8 Å². The number of rotatable bonds is 5. The Morgan fingerprint density at radius 2 is 2.53 bits per heavy atom. The molecule has 1 fully saturated rings. The van der Waals surface area contributed by atoms with E-state index in [1.807, 2.05) is 11.1 Å². The highest BCUT2D eigenvalue weighted by Gasteiger charge is 2.28. The minimum atomic E-state index is -0.0356. The van der Waals surface area contributed by atoms with Crippen LogP contribution in [0.1, 0.15) is 24.8 Å². The number of methoxy groups -OCH3 is 1. The maximum absolute atomic E-state index is 12.1. The fourth-order valence-electron chi connectivity index (χ4n) is 2.43. The number of amides is 1. The number of nitrogens with two attached hydrogens (primary N) is 1. The summed E-state index contributed by atoms with van der Waals surface area (Å²) in [6.07, 6.45) is 6.73. The van der Waals surface area contributed by atoms with E-state index >= 15 is 0 Å². The number of likely N-dealkylation sites (tertiary alicyclic amines) is 1. The Morgan fingerprint density at radius 3 is 3.21 bits per heavy atom. The lowest BCUT2D eigenvalue weighted by Gasteiger charge is -2.36. The third-order valence-corrected chi connectivity index (χ3v) is 3.68. The highest BCUT2D eigenvalue weighted by molar-refractivity contribution is 5.76. The third kappa shape index (κ3) is 3.78. The zero-order valence-electron chi connectivity index (χ0n) is 11.3. The molecule has 2 atom stereocenters. The number of ether oxygens (including phenoxy) is 1. The molecule has 0 aromatic carbocycles. The highest BCUT2D eigenvalue weighted by atomic mass is 16.5. The van der Waals surface area contributed by atoms with E-state index in [0.717, 1.165) is 31.4 Å². The third-order valence-electron chi connectivity index (χ3n) is 3.68. The molecule has 6 nitrogen and oxygen atoms in total. The van der Waals surface area contributed by atoms with Crippen LogP contribution in [0.15, 0.2) is 12.4 Å². The van der Waals surface area contributed by atoms with Crippen LogP contribution in [-0.4, -0.2) is 53.3 Å². The van der Waals surface area contributed by atoms with Gasteiger partial charge in [0.25, 0.3) is 0 Å². The van der Waals surface area contributed by atoms with Gasteiger partial charge in [0, 0.05) is 38.9 Å². The van der Waals surface area contributed by atoms with E-state index in [1.54, 1.807) is 13.3 Å². The van der Waals surface area contributed by atoms with Crippen LogP contribution < -0.4 is 5.73 Å². The SMILES string of the molecule is CO[C@@H]1CN(C(=O)CCCc2cn[nH]c2)CC[C@@H]1N. The van der Waals surface area contributed by atoms with Crippen molar-refractivity contribution in [3.63, 3.8) is 0 Å². The summed E-state index contributed by atoms with van der Waals surface area (Å²) in [4.78, 5) is 14.0. The second-order valence-corrected chi connectivity index (χ2v) is 5.03. The van der Waals surface area contributed by atoms with Gasteiger partial charge in [-0.3, -0.25) is 9.89 Å². The van der Waals surface area contributed by atoms with Gasteiger partial charge in [0.2, 0.25) is 5.91 Å². The Labute approximate surface area is 113 Å². The van der Waals surface area contributed by atoms with E-state index in [1.165, 1.54) is 0 Å². The molecule has 0 spiro atoms. The minimum absolute atomic E-state index is 0.0356. The molecule has 3 N–H and O–H groups in total. The Bertz CT molecular complexity index is 393. The van der Waals surface area contributed by atoms with Gasteiger partial charge in [0.1, 0.15) is 0 Å². The molecular formula is C13H22N4O2. The summed E-state index contributed by atoms with van der Waals surface area (Å²) in [5.74, 6) is 0.192. The average Bonchev–Trinajstić information content (AvgIpc) is 2.92. The molecule has 2 heterocycles. The molecule has 1 aliphatic rings. The Balaban J connectivity index is 1.73. The van der Waals surface area contributed by atoms with Crippen LogP contribution in [-0.2, 0) is 16.0 Å². The molecule has 0 radical (unpaired) electrons. The number of nitrogens with zero attached hydrogens (tertiary/aromatic N) is 2. The smallest absolute Gasteiger partial charge is 0.222 e. The lowest BCUT2D eigenvalue weighted by atomic mass is 10.0. The van der Waals surface area contributed by atoms with Gasteiger partial charge in [-0.05, 0) is 24.8 Å².